The number of methoxy groups -OCH3 is 1. The SMILES string of the molecule is COc1cc(Br)ccc1C(=O)NCCN1CCCCC1. The molecule has 4 nitrogen and oxygen atoms in total. The van der Waals surface area contributed by atoms with Gasteiger partial charge < -0.3 is 15.0 Å². The van der Waals surface area contributed by atoms with Crippen LogP contribution in [0.1, 0.15) is 29.6 Å². The smallest absolute Gasteiger partial charge is 0.255 e. The molecule has 110 valence electrons. The molecule has 1 aromatic rings. The fourth-order valence-electron chi connectivity index (χ4n) is 2.46. The average Bonchev–Trinajstić information content (AvgIpc) is 2.48. The minimum atomic E-state index is -0.0774. The van der Waals surface area contributed by atoms with E-state index in [4.69, 9.17) is 4.74 Å². The molecule has 1 aromatic carbocycles. The van der Waals surface area contributed by atoms with Crippen molar-refractivity contribution in [3.63, 3.8) is 0 Å². The van der Waals surface area contributed by atoms with Crippen LogP contribution < -0.4 is 10.1 Å². The summed E-state index contributed by atoms with van der Waals surface area (Å²) in [5, 5.41) is 2.96. The molecule has 0 spiro atoms. The second-order valence-electron chi connectivity index (χ2n) is 5.00. The monoisotopic (exact) mass is 340 g/mol. The number of halogens is 1. The largest absolute Gasteiger partial charge is 0.496 e. The van der Waals surface area contributed by atoms with E-state index >= 15 is 0 Å². The third kappa shape index (κ3) is 4.21. The summed E-state index contributed by atoms with van der Waals surface area (Å²) in [7, 11) is 1.58. The van der Waals surface area contributed by atoms with Crippen LogP contribution in [-0.2, 0) is 0 Å². The molecule has 20 heavy (non-hydrogen) atoms. The van der Waals surface area contributed by atoms with Crippen molar-refractivity contribution in [3.8, 4) is 5.75 Å². The molecule has 2 rings (SSSR count). The molecule has 0 bridgehead atoms. The number of nitrogens with one attached hydrogen (secondary N) is 1. The van der Waals surface area contributed by atoms with Gasteiger partial charge in [0, 0.05) is 17.6 Å². The lowest BCUT2D eigenvalue weighted by molar-refractivity contribution is 0.0943. The van der Waals surface area contributed by atoms with Crippen LogP contribution in [0.3, 0.4) is 0 Å². The number of benzene rings is 1. The first-order chi connectivity index (χ1) is 9.70. The third-order valence-corrected chi connectivity index (χ3v) is 4.06. The summed E-state index contributed by atoms with van der Waals surface area (Å²) < 4.78 is 6.14. The van der Waals surface area contributed by atoms with E-state index in [9.17, 15) is 4.79 Å². The Morgan fingerprint density at radius 3 is 2.80 bits per heavy atom. The van der Waals surface area contributed by atoms with Gasteiger partial charge in [0.05, 0.1) is 12.7 Å². The second kappa shape index (κ2) is 7.64. The zero-order valence-corrected chi connectivity index (χ0v) is 13.4. The van der Waals surface area contributed by atoms with Gasteiger partial charge in [-0.1, -0.05) is 22.4 Å². The van der Waals surface area contributed by atoms with Gasteiger partial charge in [-0.2, -0.15) is 0 Å². The van der Waals surface area contributed by atoms with Gasteiger partial charge >= 0.3 is 0 Å². The minimum absolute atomic E-state index is 0.0774. The Labute approximate surface area is 128 Å². The third-order valence-electron chi connectivity index (χ3n) is 3.57. The summed E-state index contributed by atoms with van der Waals surface area (Å²) in [6, 6.07) is 5.43. The first-order valence-electron chi connectivity index (χ1n) is 7.05. The van der Waals surface area contributed by atoms with Crippen molar-refractivity contribution in [1.82, 2.24) is 10.2 Å². The van der Waals surface area contributed by atoms with Gasteiger partial charge in [0.15, 0.2) is 0 Å². The number of piperidine rings is 1. The number of nitrogens with zero attached hydrogens (tertiary/aromatic N) is 1. The Kier molecular flexibility index (Phi) is 5.86. The van der Waals surface area contributed by atoms with Crippen LogP contribution in [-0.4, -0.2) is 44.1 Å². The van der Waals surface area contributed by atoms with Crippen LogP contribution >= 0.6 is 15.9 Å². The lowest BCUT2D eigenvalue weighted by Crippen LogP contribution is -2.37. The number of rotatable bonds is 5. The Bertz CT molecular complexity index is 459. The van der Waals surface area contributed by atoms with Crippen molar-refractivity contribution < 1.29 is 9.53 Å². The molecule has 0 saturated carbocycles. The molecule has 1 aliphatic heterocycles. The number of amides is 1. The Balaban J connectivity index is 1.85. The summed E-state index contributed by atoms with van der Waals surface area (Å²) in [6.45, 7) is 3.90. The predicted molar refractivity (Wildman–Crippen MR) is 83.3 cm³/mol. The van der Waals surface area contributed by atoms with Crippen LogP contribution in [0.5, 0.6) is 5.75 Å². The molecular formula is C15H21BrN2O2. The zero-order chi connectivity index (χ0) is 14.4. The van der Waals surface area contributed by atoms with Crippen molar-refractivity contribution in [2.24, 2.45) is 0 Å². The number of ether oxygens (including phenoxy) is 1. The first kappa shape index (κ1) is 15.3. The number of hydrogen-bond acceptors (Lipinski definition) is 3. The fourth-order valence-corrected chi connectivity index (χ4v) is 2.80. The minimum Gasteiger partial charge on any atom is -0.496 e. The fraction of sp³-hybridized carbons (Fsp3) is 0.533. The van der Waals surface area contributed by atoms with Crippen LogP contribution in [0.25, 0.3) is 0 Å². The molecule has 1 fully saturated rings. The van der Waals surface area contributed by atoms with Crippen molar-refractivity contribution in [3.05, 3.63) is 28.2 Å². The van der Waals surface area contributed by atoms with E-state index in [1.165, 1.54) is 19.3 Å². The summed E-state index contributed by atoms with van der Waals surface area (Å²) in [5.74, 6) is 0.515. The molecule has 0 aromatic heterocycles. The highest BCUT2D eigenvalue weighted by Crippen LogP contribution is 2.23. The predicted octanol–water partition coefficient (Wildman–Crippen LogP) is 2.67. The summed E-state index contributed by atoms with van der Waals surface area (Å²) >= 11 is 3.37. The molecule has 5 heteroatoms. The van der Waals surface area contributed by atoms with Gasteiger partial charge in [-0.15, -0.1) is 0 Å². The molecule has 1 amide bonds. The quantitative estimate of drug-likeness (QED) is 0.895. The normalized spacial score (nSPS) is 15.9. The van der Waals surface area contributed by atoms with Gasteiger partial charge in [0.2, 0.25) is 0 Å². The lowest BCUT2D eigenvalue weighted by atomic mass is 10.1. The molecule has 1 saturated heterocycles. The van der Waals surface area contributed by atoms with E-state index in [2.05, 4.69) is 26.1 Å². The molecular weight excluding hydrogens is 320 g/mol. The first-order valence-corrected chi connectivity index (χ1v) is 7.84. The number of carbonyl (C=O) groups is 1. The Morgan fingerprint density at radius 1 is 1.35 bits per heavy atom. The van der Waals surface area contributed by atoms with Gasteiger partial charge in [-0.3, -0.25) is 4.79 Å². The average molecular weight is 341 g/mol. The van der Waals surface area contributed by atoms with Crippen LogP contribution in [0.2, 0.25) is 0 Å². The van der Waals surface area contributed by atoms with E-state index < -0.39 is 0 Å². The summed E-state index contributed by atoms with van der Waals surface area (Å²) in [6.07, 6.45) is 3.88. The second-order valence-corrected chi connectivity index (χ2v) is 5.92. The van der Waals surface area contributed by atoms with Gasteiger partial charge in [0.1, 0.15) is 5.75 Å². The lowest BCUT2D eigenvalue weighted by Gasteiger charge is -2.26. The van der Waals surface area contributed by atoms with Crippen LogP contribution in [0.4, 0.5) is 0 Å². The van der Waals surface area contributed by atoms with E-state index in [0.29, 0.717) is 17.9 Å². The molecule has 0 unspecified atom stereocenters. The topological polar surface area (TPSA) is 41.6 Å². The summed E-state index contributed by atoms with van der Waals surface area (Å²) in [5.41, 5.74) is 0.578. The maximum absolute atomic E-state index is 12.2. The number of likely N-dealkylation sites (tertiary alicyclic amines) is 1. The summed E-state index contributed by atoms with van der Waals surface area (Å²) in [4.78, 5) is 14.6. The van der Waals surface area contributed by atoms with E-state index in [-0.39, 0.29) is 5.91 Å². The van der Waals surface area contributed by atoms with Crippen LogP contribution in [0, 0.1) is 0 Å². The van der Waals surface area contributed by atoms with Gasteiger partial charge in [0.25, 0.3) is 5.91 Å². The van der Waals surface area contributed by atoms with Crippen molar-refractivity contribution in [1.29, 1.82) is 0 Å². The van der Waals surface area contributed by atoms with Crippen LogP contribution in [0.15, 0.2) is 22.7 Å². The maximum atomic E-state index is 12.2. The standard InChI is InChI=1S/C15H21BrN2O2/c1-20-14-11-12(16)5-6-13(14)15(19)17-7-10-18-8-3-2-4-9-18/h5-6,11H,2-4,7-10H2,1H3,(H,17,19). The Morgan fingerprint density at radius 2 is 2.10 bits per heavy atom. The Hall–Kier alpha value is -1.07. The van der Waals surface area contributed by atoms with Gasteiger partial charge in [-0.05, 0) is 44.1 Å². The van der Waals surface area contributed by atoms with Crippen molar-refractivity contribution >= 4 is 21.8 Å². The highest BCUT2D eigenvalue weighted by atomic mass is 79.9. The van der Waals surface area contributed by atoms with Gasteiger partial charge in [-0.25, -0.2) is 0 Å². The van der Waals surface area contributed by atoms with E-state index in [0.717, 1.165) is 24.1 Å². The highest BCUT2D eigenvalue weighted by Gasteiger charge is 2.13. The molecule has 0 atom stereocenters. The highest BCUT2D eigenvalue weighted by molar-refractivity contribution is 9.10. The maximum Gasteiger partial charge on any atom is 0.255 e. The number of hydrogen-bond donors (Lipinski definition) is 1. The molecule has 1 aliphatic rings. The number of carbonyl (C=O) groups excluding carboxylic acids is 1. The molecule has 0 radical (unpaired) electrons. The van der Waals surface area contributed by atoms with Crippen molar-refractivity contribution in [2.45, 2.75) is 19.3 Å². The zero-order valence-electron chi connectivity index (χ0n) is 11.8. The molecule has 1 heterocycles. The molecule has 0 aliphatic carbocycles. The molecule has 1 N–H and O–H groups in total. The van der Waals surface area contributed by atoms with E-state index in [1.807, 2.05) is 6.07 Å². The van der Waals surface area contributed by atoms with E-state index in [1.54, 1.807) is 19.2 Å². The van der Waals surface area contributed by atoms with Crippen molar-refractivity contribution in [2.75, 3.05) is 33.3 Å².